The minimum atomic E-state index is 0.454. The molecule has 1 aromatic rings. The molecule has 0 saturated heterocycles. The lowest BCUT2D eigenvalue weighted by Crippen LogP contribution is -2.12. The predicted molar refractivity (Wildman–Crippen MR) is 70.6 cm³/mol. The van der Waals surface area contributed by atoms with E-state index >= 15 is 0 Å². The van der Waals surface area contributed by atoms with Crippen LogP contribution in [-0.2, 0) is 4.74 Å². The zero-order valence-corrected chi connectivity index (χ0v) is 11.0. The summed E-state index contributed by atoms with van der Waals surface area (Å²) in [7, 11) is 0. The van der Waals surface area contributed by atoms with Crippen molar-refractivity contribution in [3.05, 3.63) is 28.9 Å². The summed E-state index contributed by atoms with van der Waals surface area (Å²) < 4.78 is 5.38. The first-order valence-corrected chi connectivity index (χ1v) is 5.96. The van der Waals surface area contributed by atoms with Crippen molar-refractivity contribution in [3.63, 3.8) is 0 Å². The molecule has 0 amide bonds. The second-order valence-electron chi connectivity index (χ2n) is 3.71. The number of halogens is 1. The second kappa shape index (κ2) is 7.25. The van der Waals surface area contributed by atoms with Gasteiger partial charge >= 0.3 is 0 Å². The molecular weight excluding hydrogens is 238 g/mol. The number of hydrogen-bond donors (Lipinski definition) is 1. The molecule has 0 bridgehead atoms. The third-order valence-electron chi connectivity index (χ3n) is 2.47. The molecule has 1 aromatic heterocycles. The molecule has 0 spiro atoms. The fraction of sp³-hybridized carbons (Fsp3) is 0.500. The SMILES string of the molecule is C=CCCOCCNc1nnc(Cl)c(C)c1C. The summed E-state index contributed by atoms with van der Waals surface area (Å²) in [6.45, 7) is 9.57. The van der Waals surface area contributed by atoms with Gasteiger partial charge in [0.25, 0.3) is 0 Å². The van der Waals surface area contributed by atoms with Crippen molar-refractivity contribution in [1.29, 1.82) is 0 Å². The molecule has 0 aliphatic rings. The number of nitrogens with zero attached hydrogens (tertiary/aromatic N) is 2. The van der Waals surface area contributed by atoms with Crippen LogP contribution < -0.4 is 5.32 Å². The van der Waals surface area contributed by atoms with Gasteiger partial charge in [0.2, 0.25) is 0 Å². The quantitative estimate of drug-likeness (QED) is 0.601. The van der Waals surface area contributed by atoms with Crippen molar-refractivity contribution < 1.29 is 4.74 Å². The van der Waals surface area contributed by atoms with E-state index in [0.717, 1.165) is 23.4 Å². The smallest absolute Gasteiger partial charge is 0.155 e. The average molecular weight is 256 g/mol. The molecular formula is C12H18ClN3O. The van der Waals surface area contributed by atoms with Gasteiger partial charge in [-0.25, -0.2) is 0 Å². The Bertz CT molecular complexity index is 382. The minimum Gasteiger partial charge on any atom is -0.379 e. The van der Waals surface area contributed by atoms with Crippen molar-refractivity contribution in [2.75, 3.05) is 25.1 Å². The van der Waals surface area contributed by atoms with Gasteiger partial charge in [-0.3, -0.25) is 0 Å². The van der Waals surface area contributed by atoms with Gasteiger partial charge in [0, 0.05) is 6.54 Å². The summed E-state index contributed by atoms with van der Waals surface area (Å²) in [5.41, 5.74) is 1.98. The lowest BCUT2D eigenvalue weighted by atomic mass is 10.2. The highest BCUT2D eigenvalue weighted by Crippen LogP contribution is 2.20. The van der Waals surface area contributed by atoms with Crippen molar-refractivity contribution in [2.24, 2.45) is 0 Å². The maximum Gasteiger partial charge on any atom is 0.155 e. The molecule has 0 unspecified atom stereocenters. The lowest BCUT2D eigenvalue weighted by molar-refractivity contribution is 0.149. The Morgan fingerprint density at radius 3 is 2.76 bits per heavy atom. The molecule has 1 heterocycles. The standard InChI is InChI=1S/C12H18ClN3O/c1-4-5-7-17-8-6-14-12-10(3)9(2)11(13)15-16-12/h4H,1,5-8H2,2-3H3,(H,14,16). The summed E-state index contributed by atoms with van der Waals surface area (Å²) in [4.78, 5) is 0. The molecule has 94 valence electrons. The molecule has 0 radical (unpaired) electrons. The number of ether oxygens (including phenoxy) is 1. The van der Waals surface area contributed by atoms with Gasteiger partial charge in [0.15, 0.2) is 11.0 Å². The summed E-state index contributed by atoms with van der Waals surface area (Å²) >= 11 is 5.87. The fourth-order valence-electron chi connectivity index (χ4n) is 1.25. The van der Waals surface area contributed by atoms with Crippen LogP contribution in [0.2, 0.25) is 5.15 Å². The highest BCUT2D eigenvalue weighted by molar-refractivity contribution is 6.30. The highest BCUT2D eigenvalue weighted by atomic mass is 35.5. The monoisotopic (exact) mass is 255 g/mol. The molecule has 0 aliphatic carbocycles. The van der Waals surface area contributed by atoms with Gasteiger partial charge in [-0.2, -0.15) is 0 Å². The molecule has 1 N–H and O–H groups in total. The Kier molecular flexibility index (Phi) is 5.94. The van der Waals surface area contributed by atoms with Crippen LogP contribution in [0, 0.1) is 13.8 Å². The first-order valence-electron chi connectivity index (χ1n) is 5.58. The zero-order chi connectivity index (χ0) is 12.7. The summed E-state index contributed by atoms with van der Waals surface area (Å²) in [5, 5.41) is 11.5. The van der Waals surface area contributed by atoms with E-state index in [0.29, 0.717) is 24.9 Å². The van der Waals surface area contributed by atoms with Crippen LogP contribution in [0.25, 0.3) is 0 Å². The minimum absolute atomic E-state index is 0.454. The van der Waals surface area contributed by atoms with Gasteiger partial charge in [-0.05, 0) is 31.4 Å². The van der Waals surface area contributed by atoms with E-state index < -0.39 is 0 Å². The van der Waals surface area contributed by atoms with E-state index in [1.54, 1.807) is 0 Å². The Morgan fingerprint density at radius 1 is 1.29 bits per heavy atom. The lowest BCUT2D eigenvalue weighted by Gasteiger charge is -2.10. The van der Waals surface area contributed by atoms with E-state index in [9.17, 15) is 0 Å². The van der Waals surface area contributed by atoms with Crippen LogP contribution >= 0.6 is 11.6 Å². The number of anilines is 1. The molecule has 17 heavy (non-hydrogen) atoms. The van der Waals surface area contributed by atoms with Gasteiger partial charge in [-0.15, -0.1) is 16.8 Å². The van der Waals surface area contributed by atoms with Crippen molar-refractivity contribution in [1.82, 2.24) is 10.2 Å². The molecule has 0 fully saturated rings. The van der Waals surface area contributed by atoms with Gasteiger partial charge in [0.1, 0.15) is 0 Å². The second-order valence-corrected chi connectivity index (χ2v) is 4.06. The van der Waals surface area contributed by atoms with E-state index in [-0.39, 0.29) is 0 Å². The normalized spacial score (nSPS) is 10.3. The molecule has 0 aromatic carbocycles. The Labute approximate surface area is 107 Å². The number of aromatic nitrogens is 2. The van der Waals surface area contributed by atoms with Crippen LogP contribution in [0.3, 0.4) is 0 Å². The van der Waals surface area contributed by atoms with E-state index in [2.05, 4.69) is 22.1 Å². The zero-order valence-electron chi connectivity index (χ0n) is 10.3. The number of hydrogen-bond acceptors (Lipinski definition) is 4. The Balaban J connectivity index is 2.37. The van der Waals surface area contributed by atoms with Crippen LogP contribution in [0.4, 0.5) is 5.82 Å². The third kappa shape index (κ3) is 4.32. The molecule has 1 rings (SSSR count). The maximum atomic E-state index is 5.87. The Morgan fingerprint density at radius 2 is 2.06 bits per heavy atom. The van der Waals surface area contributed by atoms with E-state index in [1.807, 2.05) is 19.9 Å². The van der Waals surface area contributed by atoms with Gasteiger partial charge < -0.3 is 10.1 Å². The first kappa shape index (κ1) is 13.9. The van der Waals surface area contributed by atoms with Crippen molar-refractivity contribution in [2.45, 2.75) is 20.3 Å². The fourth-order valence-corrected chi connectivity index (χ4v) is 1.43. The van der Waals surface area contributed by atoms with Gasteiger partial charge in [0.05, 0.1) is 13.2 Å². The van der Waals surface area contributed by atoms with E-state index in [1.165, 1.54) is 0 Å². The predicted octanol–water partition coefficient (Wildman–Crippen LogP) is 2.75. The molecule has 4 nitrogen and oxygen atoms in total. The van der Waals surface area contributed by atoms with E-state index in [4.69, 9.17) is 16.3 Å². The van der Waals surface area contributed by atoms with Crippen LogP contribution in [0.1, 0.15) is 17.5 Å². The molecule has 0 saturated carbocycles. The third-order valence-corrected chi connectivity index (χ3v) is 2.83. The maximum absolute atomic E-state index is 5.87. The largest absolute Gasteiger partial charge is 0.379 e. The van der Waals surface area contributed by atoms with Gasteiger partial charge in [-0.1, -0.05) is 17.7 Å². The molecule has 0 atom stereocenters. The van der Waals surface area contributed by atoms with Crippen molar-refractivity contribution in [3.8, 4) is 0 Å². The van der Waals surface area contributed by atoms with Crippen molar-refractivity contribution >= 4 is 17.4 Å². The highest BCUT2D eigenvalue weighted by Gasteiger charge is 2.06. The molecule has 5 heteroatoms. The van der Waals surface area contributed by atoms with Crippen LogP contribution in [0.15, 0.2) is 12.7 Å². The number of nitrogens with one attached hydrogen (secondary N) is 1. The Hall–Kier alpha value is -1.13. The average Bonchev–Trinajstić information content (AvgIpc) is 2.33. The number of rotatable bonds is 7. The summed E-state index contributed by atoms with van der Waals surface area (Å²) in [6.07, 6.45) is 2.71. The van der Waals surface area contributed by atoms with Crippen LogP contribution in [0.5, 0.6) is 0 Å². The first-order chi connectivity index (χ1) is 8.16. The topological polar surface area (TPSA) is 47.0 Å². The summed E-state index contributed by atoms with van der Waals surface area (Å²) in [5.74, 6) is 0.763. The summed E-state index contributed by atoms with van der Waals surface area (Å²) in [6, 6.07) is 0. The molecule has 0 aliphatic heterocycles. The van der Waals surface area contributed by atoms with Crippen LogP contribution in [-0.4, -0.2) is 30.0 Å².